The number of nitrogens with zero attached hydrogens (tertiary/aromatic N) is 1. The van der Waals surface area contributed by atoms with Crippen LogP contribution < -0.4 is 14.2 Å². The van der Waals surface area contributed by atoms with Gasteiger partial charge < -0.3 is 28.6 Å². The van der Waals surface area contributed by atoms with Crippen LogP contribution in [0.15, 0.2) is 28.7 Å². The van der Waals surface area contributed by atoms with Gasteiger partial charge in [0.15, 0.2) is 23.0 Å². The molecule has 0 amide bonds. The molecule has 1 aliphatic rings. The van der Waals surface area contributed by atoms with E-state index in [1.807, 2.05) is 19.1 Å². The smallest absolute Gasteiger partial charge is 0.340 e. The molecule has 174 valence electrons. The van der Waals surface area contributed by atoms with Crippen LogP contribution in [-0.4, -0.2) is 43.6 Å². The Morgan fingerprint density at radius 2 is 1.73 bits per heavy atom. The summed E-state index contributed by atoms with van der Waals surface area (Å²) in [4.78, 5) is 13.3. The topological polar surface area (TPSA) is 79.2 Å². The maximum Gasteiger partial charge on any atom is 0.340 e. The van der Waals surface area contributed by atoms with Crippen molar-refractivity contribution in [3.8, 4) is 45.4 Å². The highest BCUT2D eigenvalue weighted by Crippen LogP contribution is 2.47. The first kappa shape index (κ1) is 23.0. The first-order valence-electron chi connectivity index (χ1n) is 10.6. The van der Waals surface area contributed by atoms with Crippen molar-refractivity contribution in [1.82, 2.24) is 4.57 Å². The maximum atomic E-state index is 13.3. The molecule has 0 fully saturated rings. The zero-order chi connectivity index (χ0) is 23.9. The number of ether oxygens (including phenoxy) is 4. The predicted molar refractivity (Wildman–Crippen MR) is 129 cm³/mol. The van der Waals surface area contributed by atoms with Crippen molar-refractivity contribution >= 4 is 21.9 Å². The van der Waals surface area contributed by atoms with Crippen molar-refractivity contribution in [2.45, 2.75) is 26.8 Å². The summed E-state index contributed by atoms with van der Waals surface area (Å²) in [6.45, 7) is 4.73. The van der Waals surface area contributed by atoms with Crippen LogP contribution >= 0.6 is 15.9 Å². The number of aryl methyl sites for hydroxylation is 1. The molecule has 0 bridgehead atoms. The molecule has 1 N–H and O–H groups in total. The Morgan fingerprint density at radius 1 is 1.06 bits per heavy atom. The number of methoxy groups -OCH3 is 3. The van der Waals surface area contributed by atoms with Gasteiger partial charge >= 0.3 is 5.97 Å². The second-order valence-corrected chi connectivity index (χ2v) is 8.53. The summed E-state index contributed by atoms with van der Waals surface area (Å²) < 4.78 is 24.5. The molecule has 7 nitrogen and oxygen atoms in total. The van der Waals surface area contributed by atoms with Gasteiger partial charge in [-0.15, -0.1) is 0 Å². The molecule has 0 unspecified atom stereocenters. The van der Waals surface area contributed by atoms with E-state index in [1.54, 1.807) is 33.3 Å². The summed E-state index contributed by atoms with van der Waals surface area (Å²) in [5, 5.41) is 10.3. The zero-order valence-corrected chi connectivity index (χ0v) is 20.8. The molecular weight excluding hydrogens is 490 g/mol. The van der Waals surface area contributed by atoms with Gasteiger partial charge in [-0.05, 0) is 71.6 Å². The van der Waals surface area contributed by atoms with Gasteiger partial charge in [0.05, 0.1) is 43.7 Å². The van der Waals surface area contributed by atoms with E-state index < -0.39 is 5.97 Å². The molecule has 0 spiro atoms. The van der Waals surface area contributed by atoms with Crippen LogP contribution in [0.25, 0.3) is 22.4 Å². The van der Waals surface area contributed by atoms with E-state index in [0.29, 0.717) is 33.8 Å². The number of hydrogen-bond acceptors (Lipinski definition) is 6. The summed E-state index contributed by atoms with van der Waals surface area (Å²) in [6, 6.07) is 7.39. The number of aromatic nitrogens is 1. The molecule has 2 heterocycles. The van der Waals surface area contributed by atoms with Gasteiger partial charge in [0.25, 0.3) is 0 Å². The summed E-state index contributed by atoms with van der Waals surface area (Å²) in [5.74, 6) is 1.15. The van der Waals surface area contributed by atoms with Gasteiger partial charge in [0.1, 0.15) is 0 Å². The fourth-order valence-electron chi connectivity index (χ4n) is 4.51. The van der Waals surface area contributed by atoms with E-state index in [0.717, 1.165) is 40.1 Å². The quantitative estimate of drug-likeness (QED) is 0.445. The minimum Gasteiger partial charge on any atom is -0.503 e. The number of phenols is 1. The highest BCUT2D eigenvalue weighted by molar-refractivity contribution is 9.10. The molecule has 0 saturated carbocycles. The van der Waals surface area contributed by atoms with Crippen LogP contribution in [0.5, 0.6) is 23.0 Å². The van der Waals surface area contributed by atoms with Crippen LogP contribution in [0.1, 0.15) is 28.5 Å². The lowest BCUT2D eigenvalue weighted by Crippen LogP contribution is -2.15. The van der Waals surface area contributed by atoms with Crippen molar-refractivity contribution in [3.05, 3.63) is 45.6 Å². The van der Waals surface area contributed by atoms with Gasteiger partial charge in [-0.3, -0.25) is 0 Å². The SMILES string of the molecule is CCOC(=O)c1c(-c2cc(Br)c(O)c(OC)c2)c(C)n2c1-c1cc(OC)c(OC)cc1CC2. The molecule has 8 heteroatoms. The van der Waals surface area contributed by atoms with Gasteiger partial charge in [-0.1, -0.05) is 0 Å². The van der Waals surface area contributed by atoms with Crippen LogP contribution in [0.3, 0.4) is 0 Å². The second-order valence-electron chi connectivity index (χ2n) is 7.68. The molecule has 4 rings (SSSR count). The number of aromatic hydroxyl groups is 1. The number of carbonyl (C=O) groups is 1. The number of phenolic OH excluding ortho intramolecular Hbond substituents is 1. The number of benzene rings is 2. The normalized spacial score (nSPS) is 12.1. The Kier molecular flexibility index (Phi) is 6.30. The predicted octanol–water partition coefficient (Wildman–Crippen LogP) is 5.36. The van der Waals surface area contributed by atoms with Crippen LogP contribution in [0.2, 0.25) is 0 Å². The molecule has 0 radical (unpaired) electrons. The Bertz CT molecular complexity index is 1250. The average molecular weight is 516 g/mol. The molecule has 3 aromatic rings. The minimum atomic E-state index is -0.407. The van der Waals surface area contributed by atoms with Crippen molar-refractivity contribution < 1.29 is 28.8 Å². The third kappa shape index (κ3) is 3.72. The molecule has 2 aromatic carbocycles. The number of esters is 1. The van der Waals surface area contributed by atoms with Gasteiger partial charge in [0, 0.05) is 23.4 Å². The molecule has 0 saturated heterocycles. The Morgan fingerprint density at radius 3 is 2.36 bits per heavy atom. The lowest BCUT2D eigenvalue weighted by atomic mass is 9.93. The lowest BCUT2D eigenvalue weighted by molar-refractivity contribution is 0.0528. The number of hydrogen-bond donors (Lipinski definition) is 1. The number of fused-ring (bicyclic) bond motifs is 3. The van der Waals surface area contributed by atoms with E-state index in [-0.39, 0.29) is 12.4 Å². The molecule has 33 heavy (non-hydrogen) atoms. The maximum absolute atomic E-state index is 13.3. The van der Waals surface area contributed by atoms with Crippen LogP contribution in [0, 0.1) is 6.92 Å². The lowest BCUT2D eigenvalue weighted by Gasteiger charge is -2.23. The monoisotopic (exact) mass is 515 g/mol. The molecule has 0 aliphatic carbocycles. The van der Waals surface area contributed by atoms with Crippen LogP contribution in [0.4, 0.5) is 0 Å². The first-order valence-corrected chi connectivity index (χ1v) is 11.4. The van der Waals surface area contributed by atoms with E-state index >= 15 is 0 Å². The first-order chi connectivity index (χ1) is 15.9. The zero-order valence-electron chi connectivity index (χ0n) is 19.2. The Balaban J connectivity index is 2.06. The highest BCUT2D eigenvalue weighted by atomic mass is 79.9. The highest BCUT2D eigenvalue weighted by Gasteiger charge is 2.32. The molecule has 0 atom stereocenters. The summed E-state index contributed by atoms with van der Waals surface area (Å²) in [6.07, 6.45) is 0.780. The molecular formula is C25H26BrNO6. The fourth-order valence-corrected chi connectivity index (χ4v) is 4.95. The summed E-state index contributed by atoms with van der Waals surface area (Å²) in [7, 11) is 4.69. The largest absolute Gasteiger partial charge is 0.503 e. The number of halogens is 1. The fraction of sp³-hybridized carbons (Fsp3) is 0.320. The Hall–Kier alpha value is -3.13. The van der Waals surface area contributed by atoms with Gasteiger partial charge in [0.2, 0.25) is 0 Å². The van der Waals surface area contributed by atoms with Gasteiger partial charge in [-0.25, -0.2) is 4.79 Å². The van der Waals surface area contributed by atoms with Crippen molar-refractivity contribution in [2.75, 3.05) is 27.9 Å². The summed E-state index contributed by atoms with van der Waals surface area (Å²) in [5.41, 5.74) is 5.63. The summed E-state index contributed by atoms with van der Waals surface area (Å²) >= 11 is 3.40. The molecule has 1 aromatic heterocycles. The second kappa shape index (κ2) is 9.02. The number of carbonyl (C=O) groups excluding carboxylic acids is 1. The van der Waals surface area contributed by atoms with E-state index in [1.165, 1.54) is 7.11 Å². The van der Waals surface area contributed by atoms with Crippen LogP contribution in [-0.2, 0) is 17.7 Å². The Labute approximate surface area is 201 Å². The van der Waals surface area contributed by atoms with E-state index in [4.69, 9.17) is 18.9 Å². The van der Waals surface area contributed by atoms with Crippen molar-refractivity contribution in [3.63, 3.8) is 0 Å². The molecule has 1 aliphatic heterocycles. The van der Waals surface area contributed by atoms with Gasteiger partial charge in [-0.2, -0.15) is 0 Å². The van der Waals surface area contributed by atoms with Crippen molar-refractivity contribution in [2.24, 2.45) is 0 Å². The average Bonchev–Trinajstić information content (AvgIpc) is 3.12. The standard InChI is InChI=1S/C25H26BrNO6/c1-6-33-25(29)22-21(15-9-17(26)24(28)20(11-15)32-5)13(2)27-8-7-14-10-18(30-3)19(31-4)12-16(14)23(22)27/h9-12,28H,6-8H2,1-5H3. The third-order valence-electron chi connectivity index (χ3n) is 6.01. The van der Waals surface area contributed by atoms with E-state index in [9.17, 15) is 9.90 Å². The number of rotatable bonds is 6. The minimum absolute atomic E-state index is 0.00253. The van der Waals surface area contributed by atoms with Crippen molar-refractivity contribution in [1.29, 1.82) is 0 Å². The van der Waals surface area contributed by atoms with E-state index in [2.05, 4.69) is 20.5 Å². The third-order valence-corrected chi connectivity index (χ3v) is 6.61.